The predicted molar refractivity (Wildman–Crippen MR) is 57.9 cm³/mol. The first-order valence-corrected chi connectivity index (χ1v) is 7.94. The van der Waals surface area contributed by atoms with Gasteiger partial charge in [0.15, 0.2) is 8.32 Å². The zero-order valence-electron chi connectivity index (χ0n) is 9.64. The molecule has 0 fully saturated rings. The van der Waals surface area contributed by atoms with Gasteiger partial charge in [-0.1, -0.05) is 20.8 Å². The van der Waals surface area contributed by atoms with Gasteiger partial charge in [-0.05, 0) is 31.0 Å². The summed E-state index contributed by atoms with van der Waals surface area (Å²) in [6.07, 6.45) is 1.66. The largest absolute Gasteiger partial charge is 0.417 e. The fraction of sp³-hybridized carbons (Fsp3) is 1.00. The molecule has 1 radical (unpaired) electrons. The Labute approximate surface area is 83.4 Å². The van der Waals surface area contributed by atoms with Gasteiger partial charge in [0.1, 0.15) is 0 Å². The van der Waals surface area contributed by atoms with Gasteiger partial charge < -0.3 is 4.43 Å². The van der Waals surface area contributed by atoms with Crippen molar-refractivity contribution in [2.75, 3.05) is 13.2 Å². The van der Waals surface area contributed by atoms with E-state index in [9.17, 15) is 5.11 Å². The third-order valence-corrected chi connectivity index (χ3v) is 7.35. The van der Waals surface area contributed by atoms with Gasteiger partial charge in [-0.2, -0.15) is 0 Å². The molecule has 79 valence electrons. The Morgan fingerprint density at radius 2 is 1.69 bits per heavy atom. The van der Waals surface area contributed by atoms with Crippen molar-refractivity contribution in [1.29, 1.82) is 0 Å². The lowest BCUT2D eigenvalue weighted by Crippen LogP contribution is -2.40. The molecule has 2 nitrogen and oxygen atoms in total. The summed E-state index contributed by atoms with van der Waals surface area (Å²) in [5.41, 5.74) is 0. The fourth-order valence-electron chi connectivity index (χ4n) is 0.748. The smallest absolute Gasteiger partial charge is 0.191 e. The molecule has 0 aliphatic heterocycles. The molecular weight excluding hydrogens is 180 g/mol. The zero-order valence-corrected chi connectivity index (χ0v) is 10.6. The van der Waals surface area contributed by atoms with Crippen LogP contribution in [0, 0.1) is 0 Å². The summed E-state index contributed by atoms with van der Waals surface area (Å²) in [6.45, 7) is 12.0. The first kappa shape index (κ1) is 13.1. The average Bonchev–Trinajstić information content (AvgIpc) is 1.96. The van der Waals surface area contributed by atoms with E-state index in [1.807, 2.05) is 0 Å². The molecule has 0 aromatic heterocycles. The van der Waals surface area contributed by atoms with Crippen molar-refractivity contribution < 1.29 is 9.53 Å². The summed E-state index contributed by atoms with van der Waals surface area (Å²) in [5.74, 6) is 0. The Bertz CT molecular complexity index is 138. The molecule has 0 spiro atoms. The average molecular weight is 203 g/mol. The Morgan fingerprint density at radius 3 is 2.08 bits per heavy atom. The molecule has 0 atom stereocenters. The highest BCUT2D eigenvalue weighted by molar-refractivity contribution is 6.74. The van der Waals surface area contributed by atoms with Crippen LogP contribution in [0.4, 0.5) is 0 Å². The Hall–Kier alpha value is 0.137. The van der Waals surface area contributed by atoms with Gasteiger partial charge in [0.2, 0.25) is 0 Å². The lowest BCUT2D eigenvalue weighted by molar-refractivity contribution is 0.175. The lowest BCUT2D eigenvalue weighted by atomic mass is 10.2. The van der Waals surface area contributed by atoms with Crippen LogP contribution in [-0.2, 0) is 9.53 Å². The second kappa shape index (κ2) is 5.13. The predicted octanol–water partition coefficient (Wildman–Crippen LogP) is 3.22. The van der Waals surface area contributed by atoms with Crippen LogP contribution < -0.4 is 0 Å². The van der Waals surface area contributed by atoms with Crippen molar-refractivity contribution in [3.63, 3.8) is 0 Å². The summed E-state index contributed by atoms with van der Waals surface area (Å²) in [5, 5.41) is 10.5. The monoisotopic (exact) mass is 203 g/mol. The van der Waals surface area contributed by atoms with Gasteiger partial charge in [-0.25, -0.2) is 5.11 Å². The van der Waals surface area contributed by atoms with Gasteiger partial charge in [-0.3, -0.25) is 0 Å². The van der Waals surface area contributed by atoms with E-state index in [0.29, 0.717) is 0 Å². The van der Waals surface area contributed by atoms with E-state index in [-0.39, 0.29) is 11.6 Å². The highest BCUT2D eigenvalue weighted by Crippen LogP contribution is 2.36. The first-order chi connectivity index (χ1) is 5.81. The first-order valence-electron chi connectivity index (χ1n) is 5.03. The molecule has 0 aromatic carbocycles. The van der Waals surface area contributed by atoms with Crippen LogP contribution in [0.3, 0.4) is 0 Å². The van der Waals surface area contributed by atoms with Crippen molar-refractivity contribution >= 4 is 8.32 Å². The van der Waals surface area contributed by atoms with E-state index in [1.165, 1.54) is 0 Å². The van der Waals surface area contributed by atoms with Crippen LogP contribution in [0.2, 0.25) is 18.1 Å². The molecule has 0 aliphatic carbocycles. The Morgan fingerprint density at radius 1 is 1.15 bits per heavy atom. The topological polar surface area (TPSA) is 29.1 Å². The molecule has 0 unspecified atom stereocenters. The van der Waals surface area contributed by atoms with E-state index in [4.69, 9.17) is 4.43 Å². The van der Waals surface area contributed by atoms with Crippen LogP contribution in [0.1, 0.15) is 33.6 Å². The molecule has 3 heteroatoms. The van der Waals surface area contributed by atoms with Crippen LogP contribution in [0.15, 0.2) is 0 Å². The summed E-state index contributed by atoms with van der Waals surface area (Å²) in [4.78, 5) is 0. The van der Waals surface area contributed by atoms with E-state index in [2.05, 4.69) is 33.9 Å². The van der Waals surface area contributed by atoms with Gasteiger partial charge in [0, 0.05) is 6.61 Å². The minimum atomic E-state index is -1.56. The number of hydrogen-bond donors (Lipinski definition) is 0. The molecule has 0 aromatic rings. The van der Waals surface area contributed by atoms with E-state index < -0.39 is 8.32 Å². The van der Waals surface area contributed by atoms with E-state index in [0.717, 1.165) is 19.4 Å². The van der Waals surface area contributed by atoms with Gasteiger partial charge >= 0.3 is 0 Å². The third-order valence-electron chi connectivity index (χ3n) is 2.81. The van der Waals surface area contributed by atoms with Crippen LogP contribution in [0.25, 0.3) is 0 Å². The van der Waals surface area contributed by atoms with E-state index in [1.54, 1.807) is 0 Å². The normalized spacial score (nSPS) is 13.4. The highest BCUT2D eigenvalue weighted by atomic mass is 28.4. The highest BCUT2D eigenvalue weighted by Gasteiger charge is 2.36. The van der Waals surface area contributed by atoms with Gasteiger partial charge in [0.25, 0.3) is 0 Å². The molecule has 0 bridgehead atoms. The van der Waals surface area contributed by atoms with Crippen molar-refractivity contribution in [3.8, 4) is 0 Å². The fourth-order valence-corrected chi connectivity index (χ4v) is 1.84. The number of hydrogen-bond acceptors (Lipinski definition) is 1. The molecule has 0 saturated heterocycles. The summed E-state index contributed by atoms with van der Waals surface area (Å²) in [7, 11) is -1.56. The molecular formula is C10H23O2Si. The standard InChI is InChI=1S/C10H23O2Si/c1-10(2,3)13(4,5)12-9-7-6-8-11/h6-9H2,1-5H3. The molecule has 0 saturated carbocycles. The van der Waals surface area contributed by atoms with Crippen molar-refractivity contribution in [1.82, 2.24) is 0 Å². The lowest BCUT2D eigenvalue weighted by Gasteiger charge is -2.36. The Balaban J connectivity index is 3.77. The maximum absolute atomic E-state index is 10.2. The van der Waals surface area contributed by atoms with Crippen molar-refractivity contribution in [2.24, 2.45) is 0 Å². The minimum Gasteiger partial charge on any atom is -0.417 e. The maximum atomic E-state index is 10.2. The summed E-state index contributed by atoms with van der Waals surface area (Å²) < 4.78 is 5.90. The second-order valence-electron chi connectivity index (χ2n) is 5.02. The van der Waals surface area contributed by atoms with Crippen LogP contribution in [0.5, 0.6) is 0 Å². The molecule has 0 rings (SSSR count). The third kappa shape index (κ3) is 4.79. The molecule has 13 heavy (non-hydrogen) atoms. The molecule has 0 heterocycles. The maximum Gasteiger partial charge on any atom is 0.191 e. The molecule has 0 amide bonds. The number of rotatable bonds is 5. The van der Waals surface area contributed by atoms with Crippen LogP contribution >= 0.6 is 0 Å². The van der Waals surface area contributed by atoms with Crippen molar-refractivity contribution in [3.05, 3.63) is 0 Å². The van der Waals surface area contributed by atoms with Crippen molar-refractivity contribution in [2.45, 2.75) is 51.7 Å². The van der Waals surface area contributed by atoms with E-state index >= 15 is 0 Å². The van der Waals surface area contributed by atoms with Gasteiger partial charge in [0.05, 0.1) is 6.61 Å². The Kier molecular flexibility index (Phi) is 5.18. The summed E-state index contributed by atoms with van der Waals surface area (Å²) >= 11 is 0. The summed E-state index contributed by atoms with van der Waals surface area (Å²) in [6, 6.07) is 0. The SMILES string of the molecule is CC(C)(C)[Si](C)(C)OCCCC[O]. The minimum absolute atomic E-state index is 0.0286. The second-order valence-corrected chi connectivity index (χ2v) is 9.83. The molecule has 0 N–H and O–H groups in total. The van der Waals surface area contributed by atoms with Gasteiger partial charge in [-0.15, -0.1) is 0 Å². The quantitative estimate of drug-likeness (QED) is 0.498. The number of unbranched alkanes of at least 4 members (excludes halogenated alkanes) is 1. The molecule has 0 aliphatic rings. The van der Waals surface area contributed by atoms with Crippen LogP contribution in [-0.4, -0.2) is 21.5 Å². The zero-order chi connectivity index (χ0) is 10.5.